The molecular formula is C24H22ClN5O5. The second-order valence-corrected chi connectivity index (χ2v) is 7.68. The summed E-state index contributed by atoms with van der Waals surface area (Å²) in [6.45, 7) is 3.28. The smallest absolute Gasteiger partial charge is 0.292 e. The predicted molar refractivity (Wildman–Crippen MR) is 130 cm³/mol. The Morgan fingerprint density at radius 2 is 1.80 bits per heavy atom. The van der Waals surface area contributed by atoms with Crippen LogP contribution in [0, 0.1) is 25.2 Å². The second-order valence-electron chi connectivity index (χ2n) is 7.27. The largest absolute Gasteiger partial charge is 0.493 e. The van der Waals surface area contributed by atoms with Gasteiger partial charge in [-0.3, -0.25) is 9.59 Å². The lowest BCUT2D eigenvalue weighted by molar-refractivity contribution is 0.0947. The molecule has 1 aromatic heterocycles. The van der Waals surface area contributed by atoms with Crippen molar-refractivity contribution in [2.45, 2.75) is 13.8 Å². The fourth-order valence-corrected chi connectivity index (χ4v) is 3.41. The molecule has 1 heterocycles. The molecule has 0 atom stereocenters. The molecule has 0 saturated heterocycles. The zero-order valence-corrected chi connectivity index (χ0v) is 20.4. The lowest BCUT2D eigenvalue weighted by Crippen LogP contribution is -2.31. The number of nitrogens with zero attached hydrogens (tertiary/aromatic N) is 4. The van der Waals surface area contributed by atoms with Gasteiger partial charge in [-0.25, -0.2) is 5.43 Å². The fourth-order valence-electron chi connectivity index (χ4n) is 3.24. The molecule has 1 amide bonds. The van der Waals surface area contributed by atoms with E-state index in [1.807, 2.05) is 13.0 Å². The predicted octanol–water partition coefficient (Wildman–Crippen LogP) is 3.16. The maximum atomic E-state index is 12.9. The first-order valence-electron chi connectivity index (χ1n) is 10.2. The molecule has 3 aromatic rings. The van der Waals surface area contributed by atoms with E-state index in [4.69, 9.17) is 25.8 Å². The molecule has 1 N–H and O–H groups in total. The SMILES string of the molecule is COc1cc(/C=N/NC(=O)c2nn(-c3ccc(C)c(Cl)c3)c(=O)c(C#N)c2C)cc(OC)c1OC. The Kier molecular flexibility index (Phi) is 7.73. The number of carbonyl (C=O) groups excluding carboxylic acids is 1. The minimum absolute atomic E-state index is 0.132. The lowest BCUT2D eigenvalue weighted by Gasteiger charge is -2.12. The molecule has 10 nitrogen and oxygen atoms in total. The van der Waals surface area contributed by atoms with Crippen molar-refractivity contribution < 1.29 is 19.0 Å². The third-order valence-electron chi connectivity index (χ3n) is 5.13. The Morgan fingerprint density at radius 3 is 2.34 bits per heavy atom. The van der Waals surface area contributed by atoms with Crippen LogP contribution in [0.5, 0.6) is 17.2 Å². The minimum Gasteiger partial charge on any atom is -0.493 e. The molecule has 0 aliphatic rings. The van der Waals surface area contributed by atoms with Crippen molar-refractivity contribution >= 4 is 23.7 Å². The number of aromatic nitrogens is 2. The van der Waals surface area contributed by atoms with Gasteiger partial charge in [0.1, 0.15) is 11.6 Å². The number of hydrogen-bond acceptors (Lipinski definition) is 8. The summed E-state index contributed by atoms with van der Waals surface area (Å²) in [4.78, 5) is 25.7. The van der Waals surface area contributed by atoms with Crippen LogP contribution < -0.4 is 25.2 Å². The van der Waals surface area contributed by atoms with E-state index >= 15 is 0 Å². The Balaban J connectivity index is 1.97. The van der Waals surface area contributed by atoms with Gasteiger partial charge in [0.25, 0.3) is 11.5 Å². The Hall–Kier alpha value is -4.36. The van der Waals surface area contributed by atoms with Crippen LogP contribution in [0.1, 0.15) is 32.7 Å². The van der Waals surface area contributed by atoms with E-state index in [0.29, 0.717) is 33.5 Å². The van der Waals surface area contributed by atoms with Gasteiger partial charge in [0, 0.05) is 16.1 Å². The van der Waals surface area contributed by atoms with E-state index in [1.54, 1.807) is 24.3 Å². The summed E-state index contributed by atoms with van der Waals surface area (Å²) in [6, 6.07) is 10.0. The van der Waals surface area contributed by atoms with E-state index in [0.717, 1.165) is 10.2 Å². The molecule has 0 aliphatic carbocycles. The molecule has 0 spiro atoms. The highest BCUT2D eigenvalue weighted by atomic mass is 35.5. The van der Waals surface area contributed by atoms with Gasteiger partial charge in [-0.2, -0.15) is 20.1 Å². The number of methoxy groups -OCH3 is 3. The van der Waals surface area contributed by atoms with Crippen LogP contribution in [0.2, 0.25) is 5.02 Å². The van der Waals surface area contributed by atoms with Gasteiger partial charge < -0.3 is 14.2 Å². The van der Waals surface area contributed by atoms with Gasteiger partial charge in [0.2, 0.25) is 5.75 Å². The monoisotopic (exact) mass is 495 g/mol. The quantitative estimate of drug-likeness (QED) is 0.394. The molecule has 35 heavy (non-hydrogen) atoms. The zero-order chi connectivity index (χ0) is 25.7. The summed E-state index contributed by atoms with van der Waals surface area (Å²) >= 11 is 6.18. The summed E-state index contributed by atoms with van der Waals surface area (Å²) in [5, 5.41) is 18.1. The van der Waals surface area contributed by atoms with Gasteiger partial charge in [-0.05, 0) is 43.7 Å². The van der Waals surface area contributed by atoms with Crippen LogP contribution in [-0.4, -0.2) is 43.2 Å². The average molecular weight is 496 g/mol. The minimum atomic E-state index is -0.713. The average Bonchev–Trinajstić information content (AvgIpc) is 2.85. The second kappa shape index (κ2) is 10.7. The maximum absolute atomic E-state index is 12.9. The molecule has 0 unspecified atom stereocenters. The van der Waals surface area contributed by atoms with E-state index < -0.39 is 11.5 Å². The first-order valence-corrected chi connectivity index (χ1v) is 10.6. The number of hydrazone groups is 1. The molecule has 0 radical (unpaired) electrons. The molecule has 2 aromatic carbocycles. The first kappa shape index (κ1) is 25.3. The highest BCUT2D eigenvalue weighted by Crippen LogP contribution is 2.37. The zero-order valence-electron chi connectivity index (χ0n) is 19.7. The fraction of sp³-hybridized carbons (Fsp3) is 0.208. The number of aryl methyl sites for hydroxylation is 1. The summed E-state index contributed by atoms with van der Waals surface area (Å²) in [5.74, 6) is 0.535. The Bertz CT molecular complexity index is 1400. The standard InChI is InChI=1S/C24H22ClN5O5/c1-13-6-7-16(10-18(13)25)30-24(32)17(11-26)14(2)21(29-30)23(31)28-27-12-15-8-19(33-3)22(35-5)20(9-15)34-4/h6-10,12H,1-5H3,(H,28,31)/b27-12+. The third kappa shape index (κ3) is 5.10. The van der Waals surface area contributed by atoms with Gasteiger partial charge in [-0.1, -0.05) is 17.7 Å². The van der Waals surface area contributed by atoms with E-state index in [-0.39, 0.29) is 16.8 Å². The third-order valence-corrected chi connectivity index (χ3v) is 5.54. The number of ether oxygens (including phenoxy) is 3. The molecule has 3 rings (SSSR count). The number of nitriles is 1. The van der Waals surface area contributed by atoms with Gasteiger partial charge in [-0.15, -0.1) is 0 Å². The van der Waals surface area contributed by atoms with Crippen molar-refractivity contribution in [2.24, 2.45) is 5.10 Å². The highest BCUT2D eigenvalue weighted by molar-refractivity contribution is 6.31. The summed E-state index contributed by atoms with van der Waals surface area (Å²) < 4.78 is 16.9. The van der Waals surface area contributed by atoms with Crippen molar-refractivity contribution in [1.82, 2.24) is 15.2 Å². The summed E-state index contributed by atoms with van der Waals surface area (Å²) in [5.41, 5.74) is 3.16. The molecule has 180 valence electrons. The summed E-state index contributed by atoms with van der Waals surface area (Å²) in [6.07, 6.45) is 1.37. The van der Waals surface area contributed by atoms with Gasteiger partial charge >= 0.3 is 0 Å². The Morgan fingerprint density at radius 1 is 1.14 bits per heavy atom. The van der Waals surface area contributed by atoms with E-state index in [1.165, 1.54) is 40.5 Å². The van der Waals surface area contributed by atoms with Crippen molar-refractivity contribution in [3.63, 3.8) is 0 Å². The number of carbonyl (C=O) groups is 1. The number of amides is 1. The number of halogens is 1. The normalized spacial score (nSPS) is 10.7. The van der Waals surface area contributed by atoms with E-state index in [9.17, 15) is 14.9 Å². The number of hydrogen-bond donors (Lipinski definition) is 1. The molecule has 0 saturated carbocycles. The van der Waals surface area contributed by atoms with E-state index in [2.05, 4.69) is 15.6 Å². The molecule has 11 heteroatoms. The molecule has 0 aliphatic heterocycles. The molecular weight excluding hydrogens is 474 g/mol. The van der Waals surface area contributed by atoms with Crippen LogP contribution in [0.3, 0.4) is 0 Å². The maximum Gasteiger partial charge on any atom is 0.292 e. The number of benzene rings is 2. The van der Waals surface area contributed by atoms with Crippen molar-refractivity contribution in [3.05, 3.63) is 73.7 Å². The van der Waals surface area contributed by atoms with Crippen molar-refractivity contribution in [1.29, 1.82) is 5.26 Å². The van der Waals surface area contributed by atoms with Crippen LogP contribution in [0.4, 0.5) is 0 Å². The van der Waals surface area contributed by atoms with Gasteiger partial charge in [0.15, 0.2) is 17.2 Å². The van der Waals surface area contributed by atoms with Crippen molar-refractivity contribution in [3.8, 4) is 29.0 Å². The number of nitrogens with one attached hydrogen (secondary N) is 1. The molecule has 0 fully saturated rings. The lowest BCUT2D eigenvalue weighted by atomic mass is 10.1. The number of rotatable bonds is 7. The first-order chi connectivity index (χ1) is 16.7. The van der Waals surface area contributed by atoms with Crippen LogP contribution in [0.25, 0.3) is 5.69 Å². The van der Waals surface area contributed by atoms with Crippen LogP contribution >= 0.6 is 11.6 Å². The van der Waals surface area contributed by atoms with Gasteiger partial charge in [0.05, 0.1) is 33.2 Å². The highest BCUT2D eigenvalue weighted by Gasteiger charge is 2.20. The molecule has 0 bridgehead atoms. The topological polar surface area (TPSA) is 128 Å². The van der Waals surface area contributed by atoms with Crippen LogP contribution in [0.15, 0.2) is 40.2 Å². The summed E-state index contributed by atoms with van der Waals surface area (Å²) in [7, 11) is 4.46. The Labute approximate surface area is 206 Å². The van der Waals surface area contributed by atoms with Crippen LogP contribution in [-0.2, 0) is 0 Å². The van der Waals surface area contributed by atoms with Crippen molar-refractivity contribution in [2.75, 3.05) is 21.3 Å².